The minimum Gasteiger partial charge on any atom is -0.497 e. The summed E-state index contributed by atoms with van der Waals surface area (Å²) in [5, 5.41) is 3.91. The van der Waals surface area contributed by atoms with Crippen molar-refractivity contribution in [3.8, 4) is 5.75 Å². The first-order chi connectivity index (χ1) is 13.2. The summed E-state index contributed by atoms with van der Waals surface area (Å²) in [5.74, 6) is 0.187. The van der Waals surface area contributed by atoms with Crippen LogP contribution in [0.5, 0.6) is 5.75 Å². The normalized spacial score (nSPS) is 10.7. The number of nitrogens with zero attached hydrogens (tertiary/aromatic N) is 2. The van der Waals surface area contributed by atoms with Gasteiger partial charge in [0.2, 0.25) is 0 Å². The number of aromatic nitrogens is 1. The van der Waals surface area contributed by atoms with Crippen molar-refractivity contribution < 1.29 is 9.53 Å². The van der Waals surface area contributed by atoms with Crippen LogP contribution >= 0.6 is 0 Å². The van der Waals surface area contributed by atoms with Crippen LogP contribution in [0.15, 0.2) is 82.8 Å². The highest BCUT2D eigenvalue weighted by Crippen LogP contribution is 2.09. The molecule has 1 aromatic heterocycles. The molecule has 0 atom stereocenters. The molecule has 0 bridgehead atoms. The Hall–Kier alpha value is -3.67. The molecule has 0 spiro atoms. The number of rotatable bonds is 6. The van der Waals surface area contributed by atoms with Gasteiger partial charge in [0.15, 0.2) is 0 Å². The van der Waals surface area contributed by atoms with Gasteiger partial charge >= 0.3 is 0 Å². The summed E-state index contributed by atoms with van der Waals surface area (Å²) < 4.78 is 6.58. The van der Waals surface area contributed by atoms with Gasteiger partial charge in [-0.2, -0.15) is 5.10 Å². The lowest BCUT2D eigenvalue weighted by Gasteiger charge is -2.07. The van der Waals surface area contributed by atoms with E-state index >= 15 is 0 Å². The molecule has 6 heteroatoms. The van der Waals surface area contributed by atoms with Crippen molar-refractivity contribution in [3.05, 3.63) is 100.0 Å². The van der Waals surface area contributed by atoms with Gasteiger partial charge in [-0.1, -0.05) is 30.3 Å². The van der Waals surface area contributed by atoms with E-state index in [2.05, 4.69) is 10.5 Å². The minimum atomic E-state index is -0.549. The summed E-state index contributed by atoms with van der Waals surface area (Å²) in [6.45, 7) is 0.399. The van der Waals surface area contributed by atoms with E-state index < -0.39 is 5.91 Å². The minimum absolute atomic E-state index is 0.0420. The molecule has 0 radical (unpaired) electrons. The van der Waals surface area contributed by atoms with Gasteiger partial charge in [0.1, 0.15) is 11.3 Å². The molecule has 6 nitrogen and oxygen atoms in total. The molecule has 1 N–H and O–H groups in total. The van der Waals surface area contributed by atoms with Crippen molar-refractivity contribution in [3.63, 3.8) is 0 Å². The van der Waals surface area contributed by atoms with Gasteiger partial charge in [-0.15, -0.1) is 0 Å². The number of hydrogen-bond donors (Lipinski definition) is 1. The molecule has 0 aliphatic rings. The number of methoxy groups -OCH3 is 1. The fraction of sp³-hybridized carbons (Fsp3) is 0.0952. The topological polar surface area (TPSA) is 72.7 Å². The predicted octanol–water partition coefficient (Wildman–Crippen LogP) is 2.67. The second kappa shape index (κ2) is 8.62. The molecule has 2 aromatic carbocycles. The van der Waals surface area contributed by atoms with Gasteiger partial charge in [0.25, 0.3) is 11.5 Å². The molecule has 0 aliphatic heterocycles. The SMILES string of the molecule is COc1ccc(/C=N\NC(=O)c2cccn(Cc3ccccc3)c2=O)cc1. The van der Waals surface area contributed by atoms with E-state index in [4.69, 9.17) is 4.74 Å². The average molecular weight is 361 g/mol. The molecule has 1 amide bonds. The molecule has 3 aromatic rings. The van der Waals surface area contributed by atoms with Gasteiger partial charge in [-0.3, -0.25) is 9.59 Å². The van der Waals surface area contributed by atoms with Crippen LogP contribution in [0.4, 0.5) is 0 Å². The largest absolute Gasteiger partial charge is 0.497 e. The zero-order valence-corrected chi connectivity index (χ0v) is 14.8. The highest BCUT2D eigenvalue weighted by Gasteiger charge is 2.11. The number of nitrogens with one attached hydrogen (secondary N) is 1. The summed E-state index contributed by atoms with van der Waals surface area (Å²) in [6, 6.07) is 20.0. The molecule has 0 saturated heterocycles. The molecule has 3 rings (SSSR count). The van der Waals surface area contributed by atoms with E-state index in [1.807, 2.05) is 42.5 Å². The monoisotopic (exact) mass is 361 g/mol. The van der Waals surface area contributed by atoms with Crippen molar-refractivity contribution >= 4 is 12.1 Å². The Morgan fingerprint density at radius 3 is 2.52 bits per heavy atom. The van der Waals surface area contributed by atoms with E-state index in [0.717, 1.165) is 16.9 Å². The van der Waals surface area contributed by atoms with Crippen LogP contribution in [0.3, 0.4) is 0 Å². The second-order valence-electron chi connectivity index (χ2n) is 5.81. The molecular formula is C21H19N3O3. The van der Waals surface area contributed by atoms with Crippen molar-refractivity contribution in [1.29, 1.82) is 0 Å². The smallest absolute Gasteiger partial charge is 0.276 e. The number of hydrazone groups is 1. The summed E-state index contributed by atoms with van der Waals surface area (Å²) in [7, 11) is 1.59. The fourth-order valence-corrected chi connectivity index (χ4v) is 2.53. The first-order valence-corrected chi connectivity index (χ1v) is 8.38. The van der Waals surface area contributed by atoms with Crippen LogP contribution in [0.2, 0.25) is 0 Å². The molecule has 0 fully saturated rings. The summed E-state index contributed by atoms with van der Waals surface area (Å²) in [4.78, 5) is 24.9. The van der Waals surface area contributed by atoms with Crippen LogP contribution in [-0.2, 0) is 6.54 Å². The Bertz CT molecular complexity index is 993. The first kappa shape index (κ1) is 18.1. The highest BCUT2D eigenvalue weighted by molar-refractivity contribution is 5.94. The summed E-state index contributed by atoms with van der Waals surface area (Å²) in [6.07, 6.45) is 3.16. The number of carbonyl (C=O) groups is 1. The highest BCUT2D eigenvalue weighted by atomic mass is 16.5. The van der Waals surface area contributed by atoms with E-state index in [0.29, 0.717) is 6.54 Å². The van der Waals surface area contributed by atoms with Crippen LogP contribution in [-0.4, -0.2) is 23.8 Å². The molecule has 0 aliphatic carbocycles. The number of hydrogen-bond acceptors (Lipinski definition) is 4. The lowest BCUT2D eigenvalue weighted by Crippen LogP contribution is -2.30. The number of ether oxygens (including phenoxy) is 1. The van der Waals surface area contributed by atoms with Crippen molar-refractivity contribution in [2.45, 2.75) is 6.54 Å². The van der Waals surface area contributed by atoms with E-state index in [-0.39, 0.29) is 11.1 Å². The van der Waals surface area contributed by atoms with E-state index in [1.54, 1.807) is 31.5 Å². The Labute approximate surface area is 156 Å². The molecular weight excluding hydrogens is 342 g/mol. The fourth-order valence-electron chi connectivity index (χ4n) is 2.53. The molecule has 27 heavy (non-hydrogen) atoms. The Kier molecular flexibility index (Phi) is 5.79. The van der Waals surface area contributed by atoms with E-state index in [9.17, 15) is 9.59 Å². The van der Waals surface area contributed by atoms with Gasteiger partial charge < -0.3 is 9.30 Å². The van der Waals surface area contributed by atoms with Crippen LogP contribution in [0.1, 0.15) is 21.5 Å². The number of pyridine rings is 1. The Morgan fingerprint density at radius 2 is 1.81 bits per heavy atom. The van der Waals surface area contributed by atoms with Gasteiger partial charge in [0.05, 0.1) is 19.9 Å². The maximum absolute atomic E-state index is 12.6. The quantitative estimate of drug-likeness (QED) is 0.542. The maximum atomic E-state index is 12.6. The van der Waals surface area contributed by atoms with Crippen molar-refractivity contribution in [2.75, 3.05) is 7.11 Å². The zero-order chi connectivity index (χ0) is 19.1. The Morgan fingerprint density at radius 1 is 1.07 bits per heavy atom. The maximum Gasteiger partial charge on any atom is 0.276 e. The van der Waals surface area contributed by atoms with Gasteiger partial charge in [-0.25, -0.2) is 5.43 Å². The van der Waals surface area contributed by atoms with Crippen LogP contribution in [0, 0.1) is 0 Å². The molecule has 0 unspecified atom stereocenters. The van der Waals surface area contributed by atoms with Gasteiger partial charge in [0, 0.05) is 6.20 Å². The van der Waals surface area contributed by atoms with Crippen molar-refractivity contribution in [1.82, 2.24) is 9.99 Å². The zero-order valence-electron chi connectivity index (χ0n) is 14.8. The van der Waals surface area contributed by atoms with Crippen LogP contribution < -0.4 is 15.7 Å². The average Bonchev–Trinajstić information content (AvgIpc) is 2.71. The lowest BCUT2D eigenvalue weighted by molar-refractivity contribution is 0.0953. The second-order valence-corrected chi connectivity index (χ2v) is 5.81. The number of amides is 1. The number of carbonyl (C=O) groups excluding carboxylic acids is 1. The molecule has 0 saturated carbocycles. The standard InChI is InChI=1S/C21H19N3O3/c1-27-18-11-9-16(10-12-18)14-22-23-20(25)19-8-5-13-24(21(19)26)15-17-6-3-2-4-7-17/h2-14H,15H2,1H3,(H,23,25)/b22-14-. The predicted molar refractivity (Wildman–Crippen MR) is 104 cm³/mol. The van der Waals surface area contributed by atoms with Crippen LogP contribution in [0.25, 0.3) is 0 Å². The number of benzene rings is 2. The van der Waals surface area contributed by atoms with Gasteiger partial charge in [-0.05, 0) is 47.5 Å². The third kappa shape index (κ3) is 4.70. The lowest BCUT2D eigenvalue weighted by atomic mass is 10.2. The molecule has 136 valence electrons. The summed E-state index contributed by atoms with van der Waals surface area (Å²) >= 11 is 0. The third-order valence-corrected chi connectivity index (χ3v) is 3.96. The Balaban J connectivity index is 1.70. The summed E-state index contributed by atoms with van der Waals surface area (Å²) in [5.41, 5.74) is 3.85. The molecule has 1 heterocycles. The third-order valence-electron chi connectivity index (χ3n) is 3.96. The van der Waals surface area contributed by atoms with Crippen molar-refractivity contribution in [2.24, 2.45) is 5.10 Å². The van der Waals surface area contributed by atoms with E-state index in [1.165, 1.54) is 16.8 Å². The first-order valence-electron chi connectivity index (χ1n) is 8.38.